The molecule has 0 saturated heterocycles. The van der Waals surface area contributed by atoms with Gasteiger partial charge < -0.3 is 33.2 Å². The molecule has 0 atom stereocenters. The number of carbonyl (C=O) groups is 3. The van der Waals surface area contributed by atoms with Gasteiger partial charge >= 0.3 is 17.9 Å². The fraction of sp³-hybridized carbons (Fsp3) is 0.302. The van der Waals surface area contributed by atoms with Crippen LogP contribution < -0.4 is 9.47 Å². The van der Waals surface area contributed by atoms with Crippen LogP contribution in [0.2, 0.25) is 0 Å². The van der Waals surface area contributed by atoms with Gasteiger partial charge in [0.25, 0.3) is 0 Å². The molecule has 0 amide bonds. The number of unbranched alkanes of at least 4 members (excludes halogenated alkanes) is 9. The van der Waals surface area contributed by atoms with E-state index in [4.69, 9.17) is 38.1 Å². The summed E-state index contributed by atoms with van der Waals surface area (Å²) < 4.78 is 39.1. The maximum Gasteiger partial charge on any atom is 0.338 e. The predicted octanol–water partition coefficient (Wildman–Crippen LogP) is 13.3. The van der Waals surface area contributed by atoms with Crippen molar-refractivity contribution in [2.24, 2.45) is 0 Å². The molecular weight excluding hydrogens is 931 g/mol. The smallest absolute Gasteiger partial charge is 0.338 e. The van der Waals surface area contributed by atoms with E-state index in [1.165, 1.54) is 12.2 Å². The van der Waals surface area contributed by atoms with Gasteiger partial charge in [-0.2, -0.15) is 0 Å². The van der Waals surface area contributed by atoms with Gasteiger partial charge in [-0.1, -0.05) is 74.1 Å². The fourth-order valence-corrected chi connectivity index (χ4v) is 7.64. The van der Waals surface area contributed by atoms with Gasteiger partial charge in [0.1, 0.15) is 17.3 Å². The van der Waals surface area contributed by atoms with E-state index in [2.05, 4.69) is 43.4 Å². The van der Waals surface area contributed by atoms with Gasteiger partial charge in [0.15, 0.2) is 0 Å². The van der Waals surface area contributed by atoms with Crippen molar-refractivity contribution in [3.63, 3.8) is 0 Å². The third kappa shape index (κ3) is 18.5. The lowest BCUT2D eigenvalue weighted by Crippen LogP contribution is -2.06. The highest BCUT2D eigenvalue weighted by atomic mass is 16.5. The number of aromatic nitrogens is 1. The van der Waals surface area contributed by atoms with Crippen LogP contribution in [-0.4, -0.2) is 69.6 Å². The zero-order chi connectivity index (χ0) is 52.2. The average Bonchev–Trinajstić information content (AvgIpc) is 3.43. The van der Waals surface area contributed by atoms with Crippen molar-refractivity contribution < 1.29 is 47.5 Å². The topological polar surface area (TPSA) is 129 Å². The van der Waals surface area contributed by atoms with Crippen LogP contribution in [0, 0.1) is 23.7 Å². The second-order valence-electron chi connectivity index (χ2n) is 17.4. The van der Waals surface area contributed by atoms with Crippen LogP contribution in [0.25, 0.3) is 27.4 Å². The van der Waals surface area contributed by atoms with Gasteiger partial charge in [-0.05, 0) is 161 Å². The van der Waals surface area contributed by atoms with Crippen molar-refractivity contribution in [1.82, 2.24) is 4.98 Å². The lowest BCUT2D eigenvalue weighted by atomic mass is 10.0. The number of esters is 3. The number of pyridine rings is 1. The van der Waals surface area contributed by atoms with Crippen molar-refractivity contribution in [3.8, 4) is 41.1 Å². The normalized spacial score (nSPS) is 10.6. The second-order valence-corrected chi connectivity index (χ2v) is 17.4. The van der Waals surface area contributed by atoms with Crippen molar-refractivity contribution in [2.75, 3.05) is 46.8 Å². The van der Waals surface area contributed by atoms with E-state index in [1.807, 2.05) is 97.1 Å². The predicted molar refractivity (Wildman–Crippen MR) is 291 cm³/mol. The fourth-order valence-electron chi connectivity index (χ4n) is 7.64. The highest BCUT2D eigenvalue weighted by Gasteiger charge is 2.13. The quantitative estimate of drug-likeness (QED) is 0.00847. The van der Waals surface area contributed by atoms with Crippen LogP contribution >= 0.6 is 0 Å². The van der Waals surface area contributed by atoms with E-state index in [9.17, 15) is 14.4 Å². The molecule has 1 heterocycles. The molecule has 1 aromatic heterocycles. The summed E-state index contributed by atoms with van der Waals surface area (Å²) in [6, 6.07) is 34.4. The summed E-state index contributed by atoms with van der Waals surface area (Å²) >= 11 is 0. The summed E-state index contributed by atoms with van der Waals surface area (Å²) in [6.45, 7) is 14.0. The maximum atomic E-state index is 12.7. The van der Waals surface area contributed by atoms with E-state index in [0.717, 1.165) is 139 Å². The largest absolute Gasteiger partial charge is 0.494 e. The molecular formula is C63H65NO10. The Balaban J connectivity index is 1.13. The second kappa shape index (κ2) is 30.7. The first-order valence-electron chi connectivity index (χ1n) is 25.3. The molecule has 5 aromatic carbocycles. The lowest BCUT2D eigenvalue weighted by Gasteiger charge is -2.12. The molecule has 0 N–H and O–H groups in total. The third-order valence-corrected chi connectivity index (χ3v) is 11.7. The minimum atomic E-state index is -0.398. The molecule has 0 aliphatic carbocycles. The van der Waals surface area contributed by atoms with Crippen LogP contribution in [0.4, 0.5) is 0 Å². The Bertz CT molecular complexity index is 2950. The van der Waals surface area contributed by atoms with E-state index in [1.54, 1.807) is 19.2 Å². The standard InChI is InChI=1S/C63H65NO10/c1-5-60(65)71-42-16-11-9-14-40-69-47(3)52-29-23-48(24-30-52)20-22-51-28-38-57-56-37-27-50(21-19-49-25-31-53(32-26-49)63(67)73-44-18-8-7-13-39-68-4)45-58(56)62(64-59(57)46-51)74-55-35-33-54(34-36-55)70-41-15-10-12-17-43-72-61(66)6-2/h5-6,23-38,45-46H,1-3,7-18,39-44H2,4H3. The van der Waals surface area contributed by atoms with Crippen LogP contribution in [0.15, 0.2) is 141 Å². The molecule has 0 unspecified atom stereocenters. The number of carbonyl (C=O) groups excluding carboxylic acids is 3. The molecule has 0 aliphatic heterocycles. The molecule has 74 heavy (non-hydrogen) atoms. The zero-order valence-corrected chi connectivity index (χ0v) is 42.4. The van der Waals surface area contributed by atoms with Crippen molar-refractivity contribution >= 4 is 45.3 Å². The molecule has 6 rings (SSSR count). The number of fused-ring (bicyclic) bond motifs is 3. The molecule has 0 fully saturated rings. The molecule has 6 aromatic rings. The summed E-state index contributed by atoms with van der Waals surface area (Å²) in [6.07, 6.45) is 13.3. The van der Waals surface area contributed by atoms with Gasteiger partial charge in [0.05, 0.1) is 44.1 Å². The number of methoxy groups -OCH3 is 1. The molecule has 0 spiro atoms. The zero-order valence-electron chi connectivity index (χ0n) is 42.4. The summed E-state index contributed by atoms with van der Waals surface area (Å²) in [5, 5.41) is 2.66. The summed E-state index contributed by atoms with van der Waals surface area (Å²) in [4.78, 5) is 40.1. The monoisotopic (exact) mass is 995 g/mol. The van der Waals surface area contributed by atoms with E-state index in [-0.39, 0.29) is 5.97 Å². The first kappa shape index (κ1) is 55.2. The van der Waals surface area contributed by atoms with Gasteiger partial charge in [-0.15, -0.1) is 0 Å². The number of rotatable bonds is 29. The molecule has 11 heteroatoms. The minimum absolute atomic E-state index is 0.346. The SMILES string of the molecule is C=CC(=O)OCCCCCCOC(=C)c1ccc(C#Cc2ccc3c(c2)nc(Oc2ccc(OCCCCCCOC(=O)C=C)cc2)c2cc(C#Cc4ccc(C(=O)OCCCCCCOC)cc4)ccc23)cc1. The Hall–Kier alpha value is -8.12. The Labute approximate surface area is 435 Å². The van der Waals surface area contributed by atoms with Gasteiger partial charge in [0, 0.05) is 64.5 Å². The minimum Gasteiger partial charge on any atom is -0.494 e. The molecule has 11 nitrogen and oxygen atoms in total. The first-order chi connectivity index (χ1) is 36.2. The Morgan fingerprint density at radius 2 is 0.932 bits per heavy atom. The summed E-state index contributed by atoms with van der Waals surface area (Å²) in [7, 11) is 1.70. The number of nitrogens with zero attached hydrogens (tertiary/aromatic N) is 1. The van der Waals surface area contributed by atoms with E-state index in [0.29, 0.717) is 56.0 Å². The Kier molecular flexibility index (Phi) is 22.9. The average molecular weight is 996 g/mol. The van der Waals surface area contributed by atoms with Crippen molar-refractivity contribution in [3.05, 3.63) is 174 Å². The molecule has 0 aliphatic rings. The van der Waals surface area contributed by atoms with E-state index >= 15 is 0 Å². The Morgan fingerprint density at radius 1 is 0.473 bits per heavy atom. The number of hydrogen-bond donors (Lipinski definition) is 0. The number of benzene rings is 5. The summed E-state index contributed by atoms with van der Waals surface area (Å²) in [5.74, 6) is 14.3. The van der Waals surface area contributed by atoms with Crippen molar-refractivity contribution in [1.29, 1.82) is 0 Å². The lowest BCUT2D eigenvalue weighted by molar-refractivity contribution is -0.138. The van der Waals surface area contributed by atoms with Crippen LogP contribution in [0.3, 0.4) is 0 Å². The Morgan fingerprint density at radius 3 is 1.50 bits per heavy atom. The highest BCUT2D eigenvalue weighted by Crippen LogP contribution is 2.35. The first-order valence-corrected chi connectivity index (χ1v) is 25.3. The van der Waals surface area contributed by atoms with Gasteiger partial charge in [0.2, 0.25) is 5.88 Å². The van der Waals surface area contributed by atoms with Crippen LogP contribution in [0.5, 0.6) is 17.4 Å². The molecule has 0 radical (unpaired) electrons. The van der Waals surface area contributed by atoms with E-state index < -0.39 is 11.9 Å². The summed E-state index contributed by atoms with van der Waals surface area (Å²) in [5.41, 5.74) is 5.24. The third-order valence-electron chi connectivity index (χ3n) is 11.7. The number of hydrogen-bond acceptors (Lipinski definition) is 11. The number of ether oxygens (including phenoxy) is 7. The van der Waals surface area contributed by atoms with Crippen LogP contribution in [0.1, 0.15) is 115 Å². The van der Waals surface area contributed by atoms with Gasteiger partial charge in [-0.25, -0.2) is 19.4 Å². The molecule has 0 saturated carbocycles. The highest BCUT2D eigenvalue weighted by molar-refractivity contribution is 6.08. The maximum absolute atomic E-state index is 12.7. The van der Waals surface area contributed by atoms with Crippen molar-refractivity contribution in [2.45, 2.75) is 77.0 Å². The molecule has 0 bridgehead atoms. The van der Waals surface area contributed by atoms with Crippen LogP contribution in [-0.2, 0) is 33.3 Å². The molecule has 382 valence electrons. The van der Waals surface area contributed by atoms with Gasteiger partial charge in [-0.3, -0.25) is 0 Å².